The molecule has 6 heteroatoms. The van der Waals surface area contributed by atoms with E-state index < -0.39 is 0 Å². The lowest BCUT2D eigenvalue weighted by Crippen LogP contribution is -2.44. The Labute approximate surface area is 145 Å². The first-order chi connectivity index (χ1) is 10.9. The summed E-state index contributed by atoms with van der Waals surface area (Å²) in [5.74, 6) is 0.897. The van der Waals surface area contributed by atoms with Crippen molar-refractivity contribution >= 4 is 11.9 Å². The van der Waals surface area contributed by atoms with E-state index >= 15 is 0 Å². The van der Waals surface area contributed by atoms with Crippen molar-refractivity contribution in [2.45, 2.75) is 65.7 Å². The molecule has 0 radical (unpaired) electrons. The van der Waals surface area contributed by atoms with Crippen molar-refractivity contribution in [3.63, 3.8) is 0 Å². The Bertz CT molecular complexity index is 541. The molecule has 6 N–H and O–H groups in total. The standard InChI is InChI=1S/C18H32N6/c1-17(2,3)23-15(19)21-11-13-8-7-9-14(10-13)12-22-16(20)24-18(4,5)6/h7-10H,11-12H2,1-6H3,(H3,19,21,23)(H3,20,22,24). The summed E-state index contributed by atoms with van der Waals surface area (Å²) in [5.41, 5.74) is 13.8. The number of guanidine groups is 2. The van der Waals surface area contributed by atoms with E-state index in [-0.39, 0.29) is 11.1 Å². The number of aliphatic imine (C=N–C) groups is 2. The van der Waals surface area contributed by atoms with Gasteiger partial charge in [-0.15, -0.1) is 0 Å². The molecule has 0 heterocycles. The van der Waals surface area contributed by atoms with Crippen LogP contribution in [0.15, 0.2) is 34.3 Å². The summed E-state index contributed by atoms with van der Waals surface area (Å²) in [6, 6.07) is 8.12. The Kier molecular flexibility index (Phi) is 6.63. The van der Waals surface area contributed by atoms with Crippen molar-refractivity contribution in [1.29, 1.82) is 0 Å². The monoisotopic (exact) mass is 332 g/mol. The van der Waals surface area contributed by atoms with Crippen LogP contribution in [0.5, 0.6) is 0 Å². The first kappa shape index (κ1) is 19.8. The minimum absolute atomic E-state index is 0.0955. The minimum atomic E-state index is -0.0955. The highest BCUT2D eigenvalue weighted by Crippen LogP contribution is 2.08. The van der Waals surface area contributed by atoms with Gasteiger partial charge in [0.25, 0.3) is 0 Å². The fourth-order valence-corrected chi connectivity index (χ4v) is 2.03. The van der Waals surface area contributed by atoms with E-state index in [1.54, 1.807) is 0 Å². The highest BCUT2D eigenvalue weighted by Gasteiger charge is 2.10. The van der Waals surface area contributed by atoms with Gasteiger partial charge >= 0.3 is 0 Å². The molecule has 1 aromatic carbocycles. The van der Waals surface area contributed by atoms with E-state index in [9.17, 15) is 0 Å². The number of benzene rings is 1. The van der Waals surface area contributed by atoms with E-state index in [0.717, 1.165) is 11.1 Å². The Hall–Kier alpha value is -2.24. The number of nitrogens with two attached hydrogens (primary N) is 2. The molecule has 1 aromatic rings. The second-order valence-electron chi connectivity index (χ2n) is 7.97. The second kappa shape index (κ2) is 8.04. The van der Waals surface area contributed by atoms with Crippen molar-refractivity contribution < 1.29 is 0 Å². The maximum absolute atomic E-state index is 5.90. The van der Waals surface area contributed by atoms with E-state index in [0.29, 0.717) is 25.0 Å². The minimum Gasteiger partial charge on any atom is -0.370 e. The lowest BCUT2D eigenvalue weighted by atomic mass is 10.1. The van der Waals surface area contributed by atoms with Gasteiger partial charge in [-0.2, -0.15) is 0 Å². The lowest BCUT2D eigenvalue weighted by Gasteiger charge is -2.21. The summed E-state index contributed by atoms with van der Waals surface area (Å²) < 4.78 is 0. The van der Waals surface area contributed by atoms with E-state index in [1.807, 2.05) is 59.7 Å². The number of hydrogen-bond acceptors (Lipinski definition) is 2. The van der Waals surface area contributed by atoms with Crippen LogP contribution in [0.25, 0.3) is 0 Å². The molecule has 24 heavy (non-hydrogen) atoms. The summed E-state index contributed by atoms with van der Waals surface area (Å²) in [6.07, 6.45) is 0. The van der Waals surface area contributed by atoms with Gasteiger partial charge in [0.2, 0.25) is 0 Å². The first-order valence-electron chi connectivity index (χ1n) is 8.19. The summed E-state index contributed by atoms with van der Waals surface area (Å²) >= 11 is 0. The third-order valence-corrected chi connectivity index (χ3v) is 2.86. The third-order valence-electron chi connectivity index (χ3n) is 2.86. The largest absolute Gasteiger partial charge is 0.370 e. The molecule has 0 amide bonds. The molecule has 0 aromatic heterocycles. The Morgan fingerprint density at radius 3 is 1.54 bits per heavy atom. The van der Waals surface area contributed by atoms with Crippen molar-refractivity contribution in [3.05, 3.63) is 35.4 Å². The van der Waals surface area contributed by atoms with Crippen LogP contribution in [-0.4, -0.2) is 23.0 Å². The number of rotatable bonds is 4. The predicted octanol–water partition coefficient (Wildman–Crippen LogP) is 2.09. The molecule has 0 aliphatic rings. The quantitative estimate of drug-likeness (QED) is 0.501. The molecule has 0 saturated carbocycles. The van der Waals surface area contributed by atoms with E-state index in [4.69, 9.17) is 11.5 Å². The molecule has 0 spiro atoms. The average molecular weight is 332 g/mol. The number of hydrogen-bond donors (Lipinski definition) is 4. The van der Waals surface area contributed by atoms with Crippen LogP contribution in [0.3, 0.4) is 0 Å². The molecule has 0 aliphatic heterocycles. The van der Waals surface area contributed by atoms with Gasteiger partial charge in [-0.25, -0.2) is 9.98 Å². The first-order valence-corrected chi connectivity index (χ1v) is 8.19. The van der Waals surface area contributed by atoms with Crippen LogP contribution < -0.4 is 22.1 Å². The van der Waals surface area contributed by atoms with E-state index in [1.165, 1.54) is 0 Å². The Morgan fingerprint density at radius 2 is 1.21 bits per heavy atom. The predicted molar refractivity (Wildman–Crippen MR) is 103 cm³/mol. The van der Waals surface area contributed by atoms with Crippen LogP contribution in [0, 0.1) is 0 Å². The highest BCUT2D eigenvalue weighted by atomic mass is 15.1. The fourth-order valence-electron chi connectivity index (χ4n) is 2.03. The summed E-state index contributed by atoms with van der Waals surface area (Å²) in [6.45, 7) is 13.3. The average Bonchev–Trinajstić information content (AvgIpc) is 2.40. The van der Waals surface area contributed by atoms with Crippen LogP contribution in [0.1, 0.15) is 52.7 Å². The van der Waals surface area contributed by atoms with Crippen molar-refractivity contribution in [2.75, 3.05) is 0 Å². The van der Waals surface area contributed by atoms with Crippen LogP contribution >= 0.6 is 0 Å². The zero-order valence-corrected chi connectivity index (χ0v) is 15.8. The summed E-state index contributed by atoms with van der Waals surface area (Å²) in [5, 5.41) is 6.29. The highest BCUT2D eigenvalue weighted by molar-refractivity contribution is 5.79. The van der Waals surface area contributed by atoms with Crippen LogP contribution in [0.2, 0.25) is 0 Å². The van der Waals surface area contributed by atoms with Gasteiger partial charge in [-0.05, 0) is 52.7 Å². The Balaban J connectivity index is 2.67. The van der Waals surface area contributed by atoms with Gasteiger partial charge < -0.3 is 22.1 Å². The molecule has 0 unspecified atom stereocenters. The Morgan fingerprint density at radius 1 is 0.833 bits per heavy atom. The van der Waals surface area contributed by atoms with Crippen molar-refractivity contribution in [1.82, 2.24) is 10.6 Å². The van der Waals surface area contributed by atoms with Gasteiger partial charge in [0.05, 0.1) is 13.1 Å². The normalized spacial score (nSPS) is 13.8. The molecular weight excluding hydrogens is 300 g/mol. The van der Waals surface area contributed by atoms with Crippen LogP contribution in [0.4, 0.5) is 0 Å². The molecule has 0 saturated heterocycles. The van der Waals surface area contributed by atoms with Gasteiger partial charge in [-0.3, -0.25) is 0 Å². The van der Waals surface area contributed by atoms with Crippen molar-refractivity contribution in [2.24, 2.45) is 21.5 Å². The molecular formula is C18H32N6. The third kappa shape index (κ3) is 9.02. The van der Waals surface area contributed by atoms with Gasteiger partial charge in [0.1, 0.15) is 0 Å². The van der Waals surface area contributed by atoms with E-state index in [2.05, 4.69) is 26.7 Å². The smallest absolute Gasteiger partial charge is 0.189 e. The van der Waals surface area contributed by atoms with Crippen molar-refractivity contribution in [3.8, 4) is 0 Å². The number of nitrogens with one attached hydrogen (secondary N) is 2. The molecule has 0 atom stereocenters. The SMILES string of the molecule is CC(C)(C)NC(N)=NCc1cccc(CN=C(N)NC(C)(C)C)c1. The zero-order chi connectivity index (χ0) is 18.4. The topological polar surface area (TPSA) is 101 Å². The molecule has 0 fully saturated rings. The van der Waals surface area contributed by atoms with Gasteiger partial charge in [0.15, 0.2) is 11.9 Å². The molecule has 0 bridgehead atoms. The fraction of sp³-hybridized carbons (Fsp3) is 0.556. The summed E-state index contributed by atoms with van der Waals surface area (Å²) in [4.78, 5) is 8.75. The molecule has 1 rings (SSSR count). The maximum Gasteiger partial charge on any atom is 0.189 e. The van der Waals surface area contributed by atoms with Crippen LogP contribution in [-0.2, 0) is 13.1 Å². The second-order valence-corrected chi connectivity index (χ2v) is 7.97. The lowest BCUT2D eigenvalue weighted by molar-refractivity contribution is 0.507. The zero-order valence-electron chi connectivity index (χ0n) is 15.8. The molecule has 134 valence electrons. The van der Waals surface area contributed by atoms with Gasteiger partial charge in [-0.1, -0.05) is 24.3 Å². The number of nitrogens with zero attached hydrogens (tertiary/aromatic N) is 2. The maximum atomic E-state index is 5.90. The molecule has 6 nitrogen and oxygen atoms in total. The molecule has 0 aliphatic carbocycles. The summed E-state index contributed by atoms with van der Waals surface area (Å²) in [7, 11) is 0. The van der Waals surface area contributed by atoms with Gasteiger partial charge in [0, 0.05) is 11.1 Å².